The van der Waals surface area contributed by atoms with Gasteiger partial charge in [-0.15, -0.1) is 0 Å². The van der Waals surface area contributed by atoms with Gasteiger partial charge in [0.05, 0.1) is 24.9 Å². The number of hydrogen-bond donors (Lipinski definition) is 2. The highest BCUT2D eigenvalue weighted by molar-refractivity contribution is 5.97. The first-order valence-corrected chi connectivity index (χ1v) is 13.0. The Labute approximate surface area is 191 Å². The van der Waals surface area contributed by atoms with Crippen LogP contribution in [-0.4, -0.2) is 46.7 Å². The van der Waals surface area contributed by atoms with Crippen molar-refractivity contribution in [2.75, 3.05) is 6.61 Å². The maximum Gasteiger partial charge on any atom is 0.171 e. The van der Waals surface area contributed by atoms with Crippen molar-refractivity contribution in [1.29, 1.82) is 0 Å². The van der Waals surface area contributed by atoms with E-state index in [1.807, 2.05) is 6.08 Å². The quantitative estimate of drug-likeness (QED) is 0.593. The molecule has 2 unspecified atom stereocenters. The lowest BCUT2D eigenvalue weighted by molar-refractivity contribution is -0.271. The van der Waals surface area contributed by atoms with E-state index < -0.39 is 23.4 Å². The molecule has 0 bridgehead atoms. The van der Waals surface area contributed by atoms with E-state index in [9.17, 15) is 15.0 Å². The first-order valence-electron chi connectivity index (χ1n) is 13.0. The van der Waals surface area contributed by atoms with Crippen molar-refractivity contribution in [1.82, 2.24) is 0 Å². The van der Waals surface area contributed by atoms with Crippen LogP contribution < -0.4 is 0 Å². The molecule has 2 saturated heterocycles. The lowest BCUT2D eigenvalue weighted by Gasteiger charge is -2.57. The highest BCUT2D eigenvalue weighted by Gasteiger charge is 2.70. The van der Waals surface area contributed by atoms with Crippen LogP contribution >= 0.6 is 0 Å². The van der Waals surface area contributed by atoms with Crippen molar-refractivity contribution < 1.29 is 24.5 Å². The molecular formula is C27H40O5. The molecule has 178 valence electrons. The summed E-state index contributed by atoms with van der Waals surface area (Å²) in [5, 5.41) is 20.8. The maximum absolute atomic E-state index is 13.9. The SMILES string of the molecule is C[C@H]1CC[C@@]2(OC1)O[C@H]1CC3C4CC[C@H]5C[C@@H](O)[C@H](O)C[C@]5(C)C4=CC(=O)[C@]3(C)[C@H]1[C@@H]2C. The summed E-state index contributed by atoms with van der Waals surface area (Å²) < 4.78 is 13.1. The van der Waals surface area contributed by atoms with Crippen molar-refractivity contribution in [2.45, 2.75) is 96.7 Å². The maximum atomic E-state index is 13.9. The van der Waals surface area contributed by atoms with Crippen molar-refractivity contribution in [3.63, 3.8) is 0 Å². The molecule has 0 aromatic heterocycles. The summed E-state index contributed by atoms with van der Waals surface area (Å²) in [5.74, 6) is 1.77. The molecule has 2 heterocycles. The predicted molar refractivity (Wildman–Crippen MR) is 119 cm³/mol. The summed E-state index contributed by atoms with van der Waals surface area (Å²) in [6.07, 6.45) is 7.09. The van der Waals surface area contributed by atoms with E-state index in [-0.39, 0.29) is 29.1 Å². The molecule has 6 aliphatic rings. The third-order valence-corrected chi connectivity index (χ3v) is 11.2. The van der Waals surface area contributed by atoms with Crippen LogP contribution in [0.15, 0.2) is 11.6 Å². The molecule has 5 heteroatoms. The first kappa shape index (κ1) is 21.8. The molecule has 0 radical (unpaired) electrons. The molecule has 5 nitrogen and oxygen atoms in total. The molecule has 1 spiro atoms. The molecule has 0 aromatic carbocycles. The second kappa shape index (κ2) is 6.90. The van der Waals surface area contributed by atoms with Gasteiger partial charge in [-0.25, -0.2) is 0 Å². The summed E-state index contributed by atoms with van der Waals surface area (Å²) in [5.41, 5.74) is 0.675. The van der Waals surface area contributed by atoms with Crippen molar-refractivity contribution >= 4 is 5.78 Å². The van der Waals surface area contributed by atoms with Gasteiger partial charge in [-0.05, 0) is 73.7 Å². The van der Waals surface area contributed by atoms with Gasteiger partial charge in [-0.2, -0.15) is 0 Å². The van der Waals surface area contributed by atoms with Gasteiger partial charge in [0.2, 0.25) is 0 Å². The molecule has 4 aliphatic carbocycles. The van der Waals surface area contributed by atoms with E-state index in [0.717, 1.165) is 38.7 Å². The Bertz CT molecular complexity index is 843. The fraction of sp³-hybridized carbons (Fsp3) is 0.889. The molecule has 6 rings (SSSR count). The molecule has 0 aromatic rings. The van der Waals surface area contributed by atoms with E-state index in [4.69, 9.17) is 9.47 Å². The number of fused-ring (bicyclic) bond motifs is 7. The normalized spacial score (nSPS) is 59.2. The first-order chi connectivity index (χ1) is 15.1. The molecule has 32 heavy (non-hydrogen) atoms. The van der Waals surface area contributed by atoms with E-state index >= 15 is 0 Å². The Balaban J connectivity index is 1.35. The molecule has 12 atom stereocenters. The van der Waals surface area contributed by atoms with Gasteiger partial charge in [0.15, 0.2) is 11.6 Å². The molecule has 0 amide bonds. The van der Waals surface area contributed by atoms with Crippen LogP contribution in [0.2, 0.25) is 0 Å². The lowest BCUT2D eigenvalue weighted by Crippen LogP contribution is -2.55. The lowest BCUT2D eigenvalue weighted by atomic mass is 9.47. The van der Waals surface area contributed by atoms with Gasteiger partial charge in [-0.1, -0.05) is 33.3 Å². The number of carbonyl (C=O) groups is 1. The average Bonchev–Trinajstić information content (AvgIpc) is 3.19. The van der Waals surface area contributed by atoms with Crippen LogP contribution in [0, 0.1) is 46.3 Å². The van der Waals surface area contributed by atoms with Crippen LogP contribution in [-0.2, 0) is 14.3 Å². The zero-order valence-corrected chi connectivity index (χ0v) is 20.0. The van der Waals surface area contributed by atoms with E-state index in [1.54, 1.807) is 0 Å². The number of carbonyl (C=O) groups excluding carboxylic acids is 1. The highest BCUT2D eigenvalue weighted by Crippen LogP contribution is 2.69. The predicted octanol–water partition coefficient (Wildman–Crippen LogP) is 3.86. The minimum atomic E-state index is -0.698. The second-order valence-electron chi connectivity index (χ2n) is 12.7. The summed E-state index contributed by atoms with van der Waals surface area (Å²) >= 11 is 0. The summed E-state index contributed by atoms with van der Waals surface area (Å²) in [6.45, 7) is 9.70. The fourth-order valence-corrected chi connectivity index (χ4v) is 9.32. The van der Waals surface area contributed by atoms with Gasteiger partial charge in [0.25, 0.3) is 0 Å². The van der Waals surface area contributed by atoms with Gasteiger partial charge in [0.1, 0.15) is 0 Å². The number of rotatable bonds is 0. The van der Waals surface area contributed by atoms with Gasteiger partial charge in [0, 0.05) is 23.7 Å². The zero-order chi connectivity index (χ0) is 22.6. The summed E-state index contributed by atoms with van der Waals surface area (Å²) in [6, 6.07) is 0. The van der Waals surface area contributed by atoms with Crippen LogP contribution in [0.5, 0.6) is 0 Å². The molecule has 5 fully saturated rings. The number of ketones is 1. The Morgan fingerprint density at radius 1 is 1.06 bits per heavy atom. The van der Waals surface area contributed by atoms with Crippen molar-refractivity contribution in [3.05, 3.63) is 11.6 Å². The van der Waals surface area contributed by atoms with Gasteiger partial charge in [-0.3, -0.25) is 4.79 Å². The Hall–Kier alpha value is -0.750. The number of allylic oxidation sites excluding steroid dienone is 2. The summed E-state index contributed by atoms with van der Waals surface area (Å²) in [4.78, 5) is 13.9. The van der Waals surface area contributed by atoms with Crippen molar-refractivity contribution in [2.24, 2.45) is 46.3 Å². The third kappa shape index (κ3) is 2.63. The van der Waals surface area contributed by atoms with Crippen LogP contribution in [0.4, 0.5) is 0 Å². The van der Waals surface area contributed by atoms with Crippen LogP contribution in [0.1, 0.15) is 72.6 Å². The topological polar surface area (TPSA) is 76.0 Å². The Morgan fingerprint density at radius 3 is 2.56 bits per heavy atom. The standard InChI is InChI=1S/C27H40O5/c1-14-7-8-27(31-13-14)15(2)24-22(32-27)10-19-17-6-5-16-9-20(28)21(29)12-25(16,3)18(17)11-23(30)26(19,24)4/h11,14-17,19-22,24,28-29H,5-10,12-13H2,1-4H3/t14-,15-,16-,17?,19?,20+,21+,22-,24-,25-,26+,27+/m0/s1. The van der Waals surface area contributed by atoms with Crippen molar-refractivity contribution in [3.8, 4) is 0 Å². The minimum absolute atomic E-state index is 0.0920. The molecule has 3 saturated carbocycles. The van der Waals surface area contributed by atoms with Crippen LogP contribution in [0.25, 0.3) is 0 Å². The molecule has 2 aliphatic heterocycles. The Kier molecular flexibility index (Phi) is 4.69. The number of hydrogen-bond acceptors (Lipinski definition) is 5. The largest absolute Gasteiger partial charge is 0.390 e. The van der Waals surface area contributed by atoms with E-state index in [1.165, 1.54) is 5.57 Å². The minimum Gasteiger partial charge on any atom is -0.390 e. The van der Waals surface area contributed by atoms with E-state index in [2.05, 4.69) is 27.7 Å². The average molecular weight is 445 g/mol. The van der Waals surface area contributed by atoms with Gasteiger partial charge < -0.3 is 19.7 Å². The zero-order valence-electron chi connectivity index (χ0n) is 20.0. The number of aliphatic hydroxyl groups excluding tert-OH is 2. The van der Waals surface area contributed by atoms with E-state index in [0.29, 0.717) is 36.5 Å². The van der Waals surface area contributed by atoms with Gasteiger partial charge >= 0.3 is 0 Å². The molecular weight excluding hydrogens is 404 g/mol. The Morgan fingerprint density at radius 2 is 1.84 bits per heavy atom. The monoisotopic (exact) mass is 444 g/mol. The third-order valence-electron chi connectivity index (χ3n) is 11.2. The smallest absolute Gasteiger partial charge is 0.171 e. The highest BCUT2D eigenvalue weighted by atomic mass is 16.7. The summed E-state index contributed by atoms with van der Waals surface area (Å²) in [7, 11) is 0. The second-order valence-corrected chi connectivity index (χ2v) is 12.7. The van der Waals surface area contributed by atoms with Crippen LogP contribution in [0.3, 0.4) is 0 Å². The number of ether oxygens (including phenoxy) is 2. The number of aliphatic hydroxyl groups is 2. The fourth-order valence-electron chi connectivity index (χ4n) is 9.32. The molecule has 2 N–H and O–H groups in total.